The summed E-state index contributed by atoms with van der Waals surface area (Å²) in [6.45, 7) is 4.71. The first-order valence-electron chi connectivity index (χ1n) is 4.52. The maximum absolute atomic E-state index is 12.9. The van der Waals surface area contributed by atoms with Crippen LogP contribution in [0, 0.1) is 5.92 Å². The van der Waals surface area contributed by atoms with Gasteiger partial charge in [-0.2, -0.15) is 0 Å². The molecule has 4 heteroatoms. The Balaban J connectivity index is 2.68. The lowest BCUT2D eigenvalue weighted by atomic mass is 10.1. The topological polar surface area (TPSA) is 20.3 Å². The maximum atomic E-state index is 12.9. The lowest BCUT2D eigenvalue weighted by Gasteiger charge is -2.22. The summed E-state index contributed by atoms with van der Waals surface area (Å²) >= 11 is 0. The first-order chi connectivity index (χ1) is 5.83. The Hall–Kier alpha value is -0.670. The third kappa shape index (κ3) is 2.17. The second-order valence-electron chi connectivity index (χ2n) is 4.03. The Kier molecular flexibility index (Phi) is 2.59. The van der Waals surface area contributed by atoms with Crippen LogP contribution in [0.15, 0.2) is 0 Å². The van der Waals surface area contributed by atoms with Gasteiger partial charge in [0.1, 0.15) is 0 Å². The van der Waals surface area contributed by atoms with E-state index in [1.165, 1.54) is 4.90 Å². The fraction of sp³-hybridized carbons (Fsp3) is 0.889. The standard InChI is InChI=1S/C9H15F2NO/c1-6(2)8(13)12-5-9(10,11)4-7(12)3/h6-7H,4-5H2,1-3H3/t7-/m1/s1. The highest BCUT2D eigenvalue weighted by molar-refractivity contribution is 5.78. The van der Waals surface area contributed by atoms with Gasteiger partial charge in [-0.3, -0.25) is 4.79 Å². The van der Waals surface area contributed by atoms with E-state index in [0.717, 1.165) is 0 Å². The van der Waals surface area contributed by atoms with Gasteiger partial charge >= 0.3 is 0 Å². The molecule has 0 aliphatic carbocycles. The number of hydrogen-bond acceptors (Lipinski definition) is 1. The van der Waals surface area contributed by atoms with E-state index in [4.69, 9.17) is 0 Å². The third-order valence-corrected chi connectivity index (χ3v) is 2.30. The van der Waals surface area contributed by atoms with Crippen LogP contribution in [0.5, 0.6) is 0 Å². The molecule has 0 aromatic heterocycles. The van der Waals surface area contributed by atoms with E-state index in [-0.39, 0.29) is 24.3 Å². The molecule has 0 unspecified atom stereocenters. The van der Waals surface area contributed by atoms with Gasteiger partial charge in [0.25, 0.3) is 5.92 Å². The molecule has 1 aliphatic rings. The van der Waals surface area contributed by atoms with Gasteiger partial charge in [-0.05, 0) is 6.92 Å². The highest BCUT2D eigenvalue weighted by Gasteiger charge is 2.45. The lowest BCUT2D eigenvalue weighted by Crippen LogP contribution is -2.37. The summed E-state index contributed by atoms with van der Waals surface area (Å²) in [7, 11) is 0. The molecule has 13 heavy (non-hydrogen) atoms. The average molecular weight is 191 g/mol. The van der Waals surface area contributed by atoms with Gasteiger partial charge in [0.2, 0.25) is 5.91 Å². The van der Waals surface area contributed by atoms with Crippen molar-refractivity contribution in [2.24, 2.45) is 5.92 Å². The van der Waals surface area contributed by atoms with Crippen LogP contribution in [0.2, 0.25) is 0 Å². The molecule has 0 N–H and O–H groups in total. The highest BCUT2D eigenvalue weighted by Crippen LogP contribution is 2.32. The molecule has 2 nitrogen and oxygen atoms in total. The molecular weight excluding hydrogens is 176 g/mol. The van der Waals surface area contributed by atoms with Crippen molar-refractivity contribution in [3.05, 3.63) is 0 Å². The monoisotopic (exact) mass is 191 g/mol. The molecule has 0 radical (unpaired) electrons. The van der Waals surface area contributed by atoms with Crippen LogP contribution in [0.3, 0.4) is 0 Å². The number of rotatable bonds is 1. The van der Waals surface area contributed by atoms with Crippen molar-refractivity contribution in [2.45, 2.75) is 39.2 Å². The summed E-state index contributed by atoms with van der Waals surface area (Å²) in [5.41, 5.74) is 0. The van der Waals surface area contributed by atoms with E-state index in [0.29, 0.717) is 0 Å². The molecule has 1 fully saturated rings. The molecule has 0 saturated carbocycles. The SMILES string of the molecule is CC(C)C(=O)N1CC(F)(F)C[C@H]1C. The minimum atomic E-state index is -2.69. The Morgan fingerprint density at radius 3 is 2.38 bits per heavy atom. The number of alkyl halides is 2. The number of carbonyl (C=O) groups is 1. The molecule has 76 valence electrons. The minimum absolute atomic E-state index is 0.176. The summed E-state index contributed by atoms with van der Waals surface area (Å²) < 4.78 is 25.7. The van der Waals surface area contributed by atoms with Gasteiger partial charge in [-0.1, -0.05) is 13.8 Å². The quantitative estimate of drug-likeness (QED) is 0.620. The molecule has 0 aromatic carbocycles. The van der Waals surface area contributed by atoms with E-state index >= 15 is 0 Å². The predicted octanol–water partition coefficient (Wildman–Crippen LogP) is 1.90. The van der Waals surface area contributed by atoms with Gasteiger partial charge < -0.3 is 4.90 Å². The maximum Gasteiger partial charge on any atom is 0.267 e. The molecule has 1 aliphatic heterocycles. The van der Waals surface area contributed by atoms with Gasteiger partial charge in [-0.15, -0.1) is 0 Å². The minimum Gasteiger partial charge on any atom is -0.334 e. The molecule has 0 aromatic rings. The second kappa shape index (κ2) is 3.24. The van der Waals surface area contributed by atoms with Crippen molar-refractivity contribution in [3.63, 3.8) is 0 Å². The molecule has 0 bridgehead atoms. The van der Waals surface area contributed by atoms with Crippen molar-refractivity contribution in [3.8, 4) is 0 Å². The number of hydrogen-bond donors (Lipinski definition) is 0. The van der Waals surface area contributed by atoms with Crippen LogP contribution in [-0.2, 0) is 4.79 Å². The number of nitrogens with zero attached hydrogens (tertiary/aromatic N) is 1. The lowest BCUT2D eigenvalue weighted by molar-refractivity contribution is -0.136. The van der Waals surface area contributed by atoms with Crippen LogP contribution in [-0.4, -0.2) is 29.3 Å². The highest BCUT2D eigenvalue weighted by atomic mass is 19.3. The first kappa shape index (κ1) is 10.4. The van der Waals surface area contributed by atoms with E-state index in [2.05, 4.69) is 0 Å². The number of amides is 1. The van der Waals surface area contributed by atoms with Crippen LogP contribution in [0.4, 0.5) is 8.78 Å². The second-order valence-corrected chi connectivity index (χ2v) is 4.03. The Bertz CT molecular complexity index is 216. The van der Waals surface area contributed by atoms with Gasteiger partial charge in [-0.25, -0.2) is 8.78 Å². The summed E-state index contributed by atoms with van der Waals surface area (Å²) in [6, 6.07) is -0.329. The Labute approximate surface area is 76.9 Å². The van der Waals surface area contributed by atoms with E-state index in [9.17, 15) is 13.6 Å². The molecule has 1 saturated heterocycles. The average Bonchev–Trinajstić information content (AvgIpc) is 2.22. The number of likely N-dealkylation sites (tertiary alicyclic amines) is 1. The summed E-state index contributed by atoms with van der Waals surface area (Å²) in [6.07, 6.45) is -0.203. The fourth-order valence-electron chi connectivity index (χ4n) is 1.64. The molecule has 1 rings (SSSR count). The number of halogens is 2. The fourth-order valence-corrected chi connectivity index (χ4v) is 1.64. The van der Waals surface area contributed by atoms with Crippen molar-refractivity contribution < 1.29 is 13.6 Å². The van der Waals surface area contributed by atoms with E-state index in [1.807, 2.05) is 0 Å². The summed E-state index contributed by atoms with van der Waals surface area (Å²) in [5, 5.41) is 0. The Morgan fingerprint density at radius 2 is 2.08 bits per heavy atom. The predicted molar refractivity (Wildman–Crippen MR) is 45.6 cm³/mol. The van der Waals surface area contributed by atoms with E-state index < -0.39 is 12.5 Å². The Morgan fingerprint density at radius 1 is 1.54 bits per heavy atom. The summed E-state index contributed by atoms with van der Waals surface area (Å²) in [4.78, 5) is 12.7. The molecular formula is C9H15F2NO. The van der Waals surface area contributed by atoms with E-state index in [1.54, 1.807) is 20.8 Å². The van der Waals surface area contributed by atoms with Crippen LogP contribution in [0.25, 0.3) is 0 Å². The smallest absolute Gasteiger partial charge is 0.267 e. The van der Waals surface area contributed by atoms with Crippen molar-refractivity contribution in [2.75, 3.05) is 6.54 Å². The molecule has 1 atom stereocenters. The van der Waals surface area contributed by atoms with Gasteiger partial charge in [0, 0.05) is 18.4 Å². The van der Waals surface area contributed by atoms with Crippen molar-refractivity contribution in [1.82, 2.24) is 4.90 Å². The zero-order valence-electron chi connectivity index (χ0n) is 8.18. The molecule has 0 spiro atoms. The van der Waals surface area contributed by atoms with Crippen LogP contribution < -0.4 is 0 Å². The van der Waals surface area contributed by atoms with Gasteiger partial charge in [0.05, 0.1) is 6.54 Å². The van der Waals surface area contributed by atoms with Crippen LogP contribution in [0.1, 0.15) is 27.2 Å². The van der Waals surface area contributed by atoms with Crippen LogP contribution >= 0.6 is 0 Å². The summed E-state index contributed by atoms with van der Waals surface area (Å²) in [5.74, 6) is -3.06. The van der Waals surface area contributed by atoms with Gasteiger partial charge in [0.15, 0.2) is 0 Å². The third-order valence-electron chi connectivity index (χ3n) is 2.30. The van der Waals surface area contributed by atoms with Crippen molar-refractivity contribution >= 4 is 5.91 Å². The number of carbonyl (C=O) groups excluding carboxylic acids is 1. The zero-order valence-corrected chi connectivity index (χ0v) is 8.18. The largest absolute Gasteiger partial charge is 0.334 e. The molecule has 1 heterocycles. The zero-order chi connectivity index (χ0) is 10.2. The van der Waals surface area contributed by atoms with Crippen molar-refractivity contribution in [1.29, 1.82) is 0 Å². The molecule has 1 amide bonds. The normalized spacial score (nSPS) is 26.9. The first-order valence-corrected chi connectivity index (χ1v) is 4.52.